The molecule has 0 bridgehead atoms. The number of aromatic carboxylic acids is 1. The summed E-state index contributed by atoms with van der Waals surface area (Å²) in [5.41, 5.74) is 4.32. The van der Waals surface area contributed by atoms with Crippen molar-refractivity contribution in [1.29, 1.82) is 0 Å². The summed E-state index contributed by atoms with van der Waals surface area (Å²) in [4.78, 5) is 40.1. The summed E-state index contributed by atoms with van der Waals surface area (Å²) < 4.78 is 0. The highest BCUT2D eigenvalue weighted by molar-refractivity contribution is 5.88. The topological polar surface area (TPSA) is 86.7 Å². The lowest BCUT2D eigenvalue weighted by Crippen LogP contribution is -2.66. The van der Waals surface area contributed by atoms with E-state index in [1.54, 1.807) is 12.1 Å². The molecule has 7 rings (SSSR count). The van der Waals surface area contributed by atoms with Crippen LogP contribution < -0.4 is 5.32 Å². The predicted octanol–water partition coefficient (Wildman–Crippen LogP) is 9.16. The molecule has 6 nitrogen and oxygen atoms in total. The van der Waals surface area contributed by atoms with Gasteiger partial charge in [-0.05, 0) is 152 Å². The zero-order valence-electron chi connectivity index (χ0n) is 31.7. The number of carboxylic acids is 1. The number of rotatable bonds is 8. The lowest BCUT2D eigenvalue weighted by molar-refractivity contribution is -0.225. The first kappa shape index (κ1) is 35.5. The molecule has 5 fully saturated rings. The number of carbonyl (C=O) groups is 3. The minimum Gasteiger partial charge on any atom is -0.478 e. The maximum Gasteiger partial charge on any atom is 0.335 e. The Kier molecular flexibility index (Phi) is 8.78. The lowest BCUT2D eigenvalue weighted by atomic mass is 9.32. The van der Waals surface area contributed by atoms with Gasteiger partial charge in [0, 0.05) is 26.1 Å². The summed E-state index contributed by atoms with van der Waals surface area (Å²) in [7, 11) is 0. The Morgan fingerprint density at radius 3 is 2.34 bits per heavy atom. The van der Waals surface area contributed by atoms with Crippen LogP contribution in [0.5, 0.6) is 0 Å². The summed E-state index contributed by atoms with van der Waals surface area (Å²) in [6.45, 7) is 21.8. The quantitative estimate of drug-likeness (QED) is 0.212. The number of allylic oxidation sites excluding steroid dienone is 3. The summed E-state index contributed by atoms with van der Waals surface area (Å²) in [5.74, 6) is 2.05. The number of hydrogen-bond donors (Lipinski definition) is 2. The van der Waals surface area contributed by atoms with E-state index in [1.165, 1.54) is 36.8 Å². The lowest BCUT2D eigenvalue weighted by Gasteiger charge is -2.72. The summed E-state index contributed by atoms with van der Waals surface area (Å²) in [6, 6.07) is 7.53. The number of benzene rings is 1. The third kappa shape index (κ3) is 5.11. The molecular weight excluding hydrogens is 620 g/mol. The van der Waals surface area contributed by atoms with Crippen LogP contribution in [0.25, 0.3) is 5.57 Å². The van der Waals surface area contributed by atoms with Gasteiger partial charge in [-0.3, -0.25) is 9.59 Å². The van der Waals surface area contributed by atoms with Crippen molar-refractivity contribution in [3.63, 3.8) is 0 Å². The third-order valence-corrected chi connectivity index (χ3v) is 16.6. The van der Waals surface area contributed by atoms with Crippen molar-refractivity contribution >= 4 is 23.4 Å². The van der Waals surface area contributed by atoms with Gasteiger partial charge in [-0.15, -0.1) is 0 Å². The van der Waals surface area contributed by atoms with Crippen LogP contribution in [0.3, 0.4) is 0 Å². The Morgan fingerprint density at radius 2 is 1.68 bits per heavy atom. The number of fused-ring (bicyclic) bond motifs is 7. The molecular formula is C44H62N2O4. The average Bonchev–Trinajstić information content (AvgIpc) is 3.67. The minimum atomic E-state index is -0.879. The first-order valence-corrected chi connectivity index (χ1v) is 19.9. The van der Waals surface area contributed by atoms with Gasteiger partial charge in [-0.2, -0.15) is 0 Å². The first-order valence-electron chi connectivity index (χ1n) is 19.9. The summed E-state index contributed by atoms with van der Waals surface area (Å²) in [6.07, 6.45) is 15.0. The Labute approximate surface area is 300 Å². The fourth-order valence-electron chi connectivity index (χ4n) is 14.0. The molecule has 0 radical (unpaired) electrons. The van der Waals surface area contributed by atoms with E-state index in [0.717, 1.165) is 63.6 Å². The van der Waals surface area contributed by atoms with Gasteiger partial charge in [0.05, 0.1) is 11.0 Å². The number of carbonyl (C=O) groups excluding carboxylic acids is 2. The van der Waals surface area contributed by atoms with Crippen LogP contribution in [-0.2, 0) is 9.59 Å². The Hall–Kier alpha value is -2.89. The number of nitrogens with one attached hydrogen (secondary N) is 1. The van der Waals surface area contributed by atoms with Crippen molar-refractivity contribution in [2.75, 3.05) is 19.6 Å². The van der Waals surface area contributed by atoms with Gasteiger partial charge in [-0.1, -0.05) is 65.0 Å². The molecule has 2 N–H and O–H groups in total. The van der Waals surface area contributed by atoms with Gasteiger partial charge in [0.15, 0.2) is 0 Å². The second kappa shape index (κ2) is 12.4. The van der Waals surface area contributed by atoms with Crippen LogP contribution in [0.4, 0.5) is 0 Å². The van der Waals surface area contributed by atoms with Crippen molar-refractivity contribution in [3.8, 4) is 0 Å². The van der Waals surface area contributed by atoms with E-state index in [1.807, 2.05) is 17.0 Å². The second-order valence-corrected chi connectivity index (χ2v) is 18.9. The summed E-state index contributed by atoms with van der Waals surface area (Å²) >= 11 is 0. The smallest absolute Gasteiger partial charge is 0.335 e. The van der Waals surface area contributed by atoms with Gasteiger partial charge in [0.1, 0.15) is 0 Å². The fourth-order valence-corrected chi connectivity index (χ4v) is 14.0. The molecule has 3 unspecified atom stereocenters. The molecule has 272 valence electrons. The van der Waals surface area contributed by atoms with Crippen LogP contribution in [-0.4, -0.2) is 47.4 Å². The van der Waals surface area contributed by atoms with E-state index >= 15 is 0 Å². The van der Waals surface area contributed by atoms with Crippen molar-refractivity contribution < 1.29 is 19.5 Å². The molecule has 1 aromatic carbocycles. The van der Waals surface area contributed by atoms with Crippen molar-refractivity contribution in [1.82, 2.24) is 10.2 Å². The highest BCUT2D eigenvalue weighted by atomic mass is 16.4. The Bertz CT molecular complexity index is 1590. The number of hydrogen-bond acceptors (Lipinski definition) is 3. The number of nitrogens with zero attached hydrogens (tertiary/aromatic N) is 1. The van der Waals surface area contributed by atoms with Gasteiger partial charge in [-0.25, -0.2) is 4.79 Å². The van der Waals surface area contributed by atoms with Gasteiger partial charge < -0.3 is 15.3 Å². The van der Waals surface area contributed by atoms with Crippen LogP contribution in [0, 0.1) is 56.7 Å². The van der Waals surface area contributed by atoms with E-state index in [4.69, 9.17) is 0 Å². The minimum absolute atomic E-state index is 0.0187. The number of carboxylic acid groups (broad SMARTS) is 1. The van der Waals surface area contributed by atoms with Gasteiger partial charge in [0.25, 0.3) is 0 Å². The molecule has 1 heterocycles. The maximum absolute atomic E-state index is 14.4. The maximum atomic E-state index is 14.4. The van der Waals surface area contributed by atoms with Crippen molar-refractivity contribution in [3.05, 3.63) is 53.6 Å². The molecule has 2 amide bonds. The molecule has 0 aromatic heterocycles. The van der Waals surface area contributed by atoms with Crippen LogP contribution in [0.2, 0.25) is 0 Å². The molecule has 6 aliphatic rings. The zero-order valence-corrected chi connectivity index (χ0v) is 31.7. The van der Waals surface area contributed by atoms with E-state index in [9.17, 15) is 19.5 Å². The molecule has 50 heavy (non-hydrogen) atoms. The standard InChI is InChI=1S/C44H62N2O4/c1-28(2)31-17-22-44(39(50)45-25-9-27-46-26-8-10-36(46)47)24-23-42(6)33(37(31)44)15-16-35-41(5)20-18-32(29-11-13-30(14-12-29)38(48)49)40(3,4)34(41)19-21-43(35,42)7/h11-14,18,31,33-35,37H,1,8-10,15-17,19-27H2,2-7H3,(H,45,50)(H,48,49)/t31-,33+,34?,35?,37?,41-,42+,43+,44-/m0/s1. The normalized spacial score (nSPS) is 40.2. The van der Waals surface area contributed by atoms with E-state index in [-0.39, 0.29) is 38.9 Å². The fraction of sp³-hybridized carbons (Fsp3) is 0.705. The predicted molar refractivity (Wildman–Crippen MR) is 199 cm³/mol. The number of likely N-dealkylation sites (tertiary alicyclic amines) is 1. The SMILES string of the molecule is C=C(C)[C@@H]1CC[C@]2(C(=O)NCCCN3CCCC3=O)CC[C@]3(C)[C@H](CCC4[C@@]5(C)CC=C(c6ccc(C(=O)O)cc6)C(C)(C)C5CC[C@]43C)C12. The highest BCUT2D eigenvalue weighted by Gasteiger charge is 2.71. The van der Waals surface area contributed by atoms with Gasteiger partial charge in [0.2, 0.25) is 11.8 Å². The molecule has 0 spiro atoms. The van der Waals surface area contributed by atoms with E-state index in [0.29, 0.717) is 48.1 Å². The molecule has 1 aliphatic heterocycles. The van der Waals surface area contributed by atoms with Gasteiger partial charge >= 0.3 is 5.97 Å². The molecule has 4 saturated carbocycles. The largest absolute Gasteiger partial charge is 0.478 e. The molecule has 1 aromatic rings. The summed E-state index contributed by atoms with van der Waals surface area (Å²) in [5, 5.41) is 12.9. The Balaban J connectivity index is 1.14. The monoisotopic (exact) mass is 682 g/mol. The first-order chi connectivity index (χ1) is 23.6. The van der Waals surface area contributed by atoms with Crippen LogP contribution >= 0.6 is 0 Å². The van der Waals surface area contributed by atoms with Crippen LogP contribution in [0.15, 0.2) is 42.5 Å². The van der Waals surface area contributed by atoms with Crippen molar-refractivity contribution in [2.45, 2.75) is 119 Å². The third-order valence-electron chi connectivity index (χ3n) is 16.6. The molecule has 6 heteroatoms. The van der Waals surface area contributed by atoms with Crippen LogP contribution in [0.1, 0.15) is 135 Å². The Morgan fingerprint density at radius 1 is 0.940 bits per heavy atom. The van der Waals surface area contributed by atoms with E-state index in [2.05, 4.69) is 59.5 Å². The molecule has 5 aliphatic carbocycles. The zero-order chi connectivity index (χ0) is 35.9. The molecule has 9 atom stereocenters. The highest BCUT2D eigenvalue weighted by Crippen LogP contribution is 2.77. The molecule has 1 saturated heterocycles. The van der Waals surface area contributed by atoms with E-state index < -0.39 is 5.97 Å². The second-order valence-electron chi connectivity index (χ2n) is 18.9. The van der Waals surface area contributed by atoms with Crippen molar-refractivity contribution in [2.24, 2.45) is 56.7 Å². The number of amides is 2. The average molecular weight is 683 g/mol.